The molecule has 200 valence electrons. The van der Waals surface area contributed by atoms with Crippen LogP contribution in [0.4, 0.5) is 0 Å². The molecule has 2 aromatic carbocycles. The zero-order valence-corrected chi connectivity index (χ0v) is 24.2. The van der Waals surface area contributed by atoms with E-state index in [-0.39, 0.29) is 17.1 Å². The minimum atomic E-state index is -4.24. The summed E-state index contributed by atoms with van der Waals surface area (Å²) in [5.74, 6) is 0.256. The molecular weight excluding hydrogens is 494 g/mol. The van der Waals surface area contributed by atoms with Crippen LogP contribution in [-0.4, -0.2) is 23.0 Å². The van der Waals surface area contributed by atoms with E-state index in [0.717, 1.165) is 35.1 Å². The van der Waals surface area contributed by atoms with Crippen LogP contribution >= 0.6 is 15.2 Å². The lowest BCUT2D eigenvalue weighted by Crippen LogP contribution is -2.17. The summed E-state index contributed by atoms with van der Waals surface area (Å²) in [4.78, 5) is 18.9. The van der Waals surface area contributed by atoms with Crippen molar-refractivity contribution in [3.05, 3.63) is 71.8 Å². The van der Waals surface area contributed by atoms with Crippen molar-refractivity contribution in [2.45, 2.75) is 66.2 Å². The Balaban J connectivity index is 0.000000360. The molecule has 0 atom stereocenters. The van der Waals surface area contributed by atoms with Crippen molar-refractivity contribution in [2.75, 3.05) is 13.2 Å². The zero-order valence-electron chi connectivity index (χ0n) is 22.4. The van der Waals surface area contributed by atoms with Crippen molar-refractivity contribution in [2.24, 2.45) is 0 Å². The Labute approximate surface area is 217 Å². The van der Waals surface area contributed by atoms with Crippen LogP contribution in [0.1, 0.15) is 88.5 Å². The molecule has 2 aromatic rings. The van der Waals surface area contributed by atoms with Gasteiger partial charge in [-0.1, -0.05) is 85.1 Å². The Morgan fingerprint density at radius 3 is 1.67 bits per heavy atom. The molecule has 2 rings (SSSR count). The van der Waals surface area contributed by atoms with E-state index in [1.54, 1.807) is 30.4 Å². The molecule has 0 unspecified atom stereocenters. The van der Waals surface area contributed by atoms with Crippen LogP contribution in [0.15, 0.2) is 49.6 Å². The monoisotopic (exact) mass is 536 g/mol. The topological polar surface area (TPSA) is 93.1 Å². The van der Waals surface area contributed by atoms with E-state index in [1.807, 2.05) is 53.7 Å². The summed E-state index contributed by atoms with van der Waals surface area (Å²) in [6.45, 7) is 20.2. The lowest BCUT2D eigenvalue weighted by Gasteiger charge is -2.23. The first kappa shape index (κ1) is 32.2. The lowest BCUT2D eigenvalue weighted by atomic mass is 9.87. The number of benzene rings is 2. The quantitative estimate of drug-likeness (QED) is 0.275. The molecule has 0 amide bonds. The standard InChI is InChI=1S/2C14H21O3P/c1-6-11-7-8-12(18(15,16)17)14(10(4)5)13(11)9(2)3;1-4-11-16-18(15,17-12-5-2)14-9-7-13(6-3)8-10-14/h6-10H,1H2,2-5H3,(H2,15,16,17);6-10H,3-5,11-12H2,1-2H3. The highest BCUT2D eigenvalue weighted by molar-refractivity contribution is 7.62. The van der Waals surface area contributed by atoms with Gasteiger partial charge >= 0.3 is 15.2 Å². The highest BCUT2D eigenvalue weighted by atomic mass is 31.2. The summed E-state index contributed by atoms with van der Waals surface area (Å²) in [6, 6.07) is 10.5. The molecule has 6 nitrogen and oxygen atoms in total. The van der Waals surface area contributed by atoms with Crippen LogP contribution in [0.5, 0.6) is 0 Å². The molecule has 0 bridgehead atoms. The summed E-state index contributed by atoms with van der Waals surface area (Å²) in [5.41, 5.74) is 3.68. The van der Waals surface area contributed by atoms with Gasteiger partial charge in [-0.3, -0.25) is 9.13 Å². The first-order valence-corrected chi connectivity index (χ1v) is 15.5. The smallest absolute Gasteiger partial charge is 0.321 e. The molecule has 0 saturated carbocycles. The van der Waals surface area contributed by atoms with Crippen molar-refractivity contribution in [3.8, 4) is 0 Å². The maximum atomic E-state index is 12.7. The van der Waals surface area contributed by atoms with Crippen LogP contribution in [0.3, 0.4) is 0 Å². The van der Waals surface area contributed by atoms with E-state index < -0.39 is 15.2 Å². The molecule has 0 aliphatic carbocycles. The first-order valence-electron chi connectivity index (χ1n) is 12.3. The summed E-state index contributed by atoms with van der Waals surface area (Å²) in [6.07, 6.45) is 5.10. The minimum absolute atomic E-state index is 0.0601. The molecular formula is C28H42O6P2. The highest BCUT2D eigenvalue weighted by Gasteiger charge is 2.28. The highest BCUT2D eigenvalue weighted by Crippen LogP contribution is 2.47. The SMILES string of the molecule is C=Cc1ccc(P(=O)(O)O)c(C(C)C)c1C(C)C.C=Cc1ccc(P(=O)(OCCC)OCCC)cc1. The van der Waals surface area contributed by atoms with Gasteiger partial charge in [-0.2, -0.15) is 0 Å². The third-order valence-electron chi connectivity index (χ3n) is 5.36. The third-order valence-corrected chi connectivity index (χ3v) is 8.36. The maximum absolute atomic E-state index is 12.7. The fourth-order valence-electron chi connectivity index (χ4n) is 3.73. The molecule has 36 heavy (non-hydrogen) atoms. The van der Waals surface area contributed by atoms with Gasteiger partial charge < -0.3 is 18.8 Å². The minimum Gasteiger partial charge on any atom is -0.321 e. The first-order chi connectivity index (χ1) is 16.9. The van der Waals surface area contributed by atoms with Gasteiger partial charge in [0.2, 0.25) is 0 Å². The molecule has 0 aliphatic heterocycles. The Bertz CT molecular complexity index is 1070. The number of hydrogen-bond donors (Lipinski definition) is 2. The van der Waals surface area contributed by atoms with E-state index in [4.69, 9.17) is 9.05 Å². The second-order valence-corrected chi connectivity index (χ2v) is 12.6. The van der Waals surface area contributed by atoms with E-state index in [0.29, 0.717) is 18.5 Å². The Hall–Kier alpha value is -1.78. The van der Waals surface area contributed by atoms with Crippen LogP contribution in [-0.2, 0) is 18.2 Å². The Morgan fingerprint density at radius 2 is 1.31 bits per heavy atom. The summed E-state index contributed by atoms with van der Waals surface area (Å²) >= 11 is 0. The van der Waals surface area contributed by atoms with E-state index >= 15 is 0 Å². The van der Waals surface area contributed by atoms with Crippen molar-refractivity contribution in [3.63, 3.8) is 0 Å². The maximum Gasteiger partial charge on any atom is 0.361 e. The van der Waals surface area contributed by atoms with Gasteiger partial charge in [-0.25, -0.2) is 0 Å². The molecule has 8 heteroatoms. The normalized spacial score (nSPS) is 11.8. The lowest BCUT2D eigenvalue weighted by molar-refractivity contribution is 0.213. The summed E-state index contributed by atoms with van der Waals surface area (Å²) in [5, 5.41) is 0.752. The van der Waals surface area contributed by atoms with Gasteiger partial charge in [0.15, 0.2) is 0 Å². The average Bonchev–Trinajstić information content (AvgIpc) is 2.85. The van der Waals surface area contributed by atoms with Crippen molar-refractivity contribution >= 4 is 38.0 Å². The van der Waals surface area contributed by atoms with Gasteiger partial charge in [0.1, 0.15) is 0 Å². The molecule has 0 spiro atoms. The Kier molecular flexibility index (Phi) is 13.3. The number of hydrogen-bond acceptors (Lipinski definition) is 4. The molecule has 0 fully saturated rings. The third kappa shape index (κ3) is 8.95. The predicted octanol–water partition coefficient (Wildman–Crippen LogP) is 7.38. The predicted molar refractivity (Wildman–Crippen MR) is 153 cm³/mol. The van der Waals surface area contributed by atoms with E-state index in [2.05, 4.69) is 13.2 Å². The van der Waals surface area contributed by atoms with Crippen molar-refractivity contribution in [1.29, 1.82) is 0 Å². The largest absolute Gasteiger partial charge is 0.361 e. The average molecular weight is 537 g/mol. The van der Waals surface area contributed by atoms with Gasteiger partial charge in [0.05, 0.1) is 23.8 Å². The molecule has 2 N–H and O–H groups in total. The zero-order chi connectivity index (χ0) is 27.5. The molecule has 0 saturated heterocycles. The van der Waals surface area contributed by atoms with Crippen LogP contribution in [0.2, 0.25) is 0 Å². The van der Waals surface area contributed by atoms with Gasteiger partial charge in [-0.05, 0) is 65.1 Å². The molecule has 0 aliphatic rings. The van der Waals surface area contributed by atoms with Gasteiger partial charge in [0, 0.05) is 0 Å². The fourth-order valence-corrected chi connectivity index (χ4v) is 6.42. The number of rotatable bonds is 12. The van der Waals surface area contributed by atoms with Crippen molar-refractivity contribution in [1.82, 2.24) is 0 Å². The fraction of sp³-hybridized carbons (Fsp3) is 0.429. The van der Waals surface area contributed by atoms with Gasteiger partial charge in [0.25, 0.3) is 0 Å². The second kappa shape index (κ2) is 14.8. The summed E-state index contributed by atoms with van der Waals surface area (Å²) in [7, 11) is -7.41. The van der Waals surface area contributed by atoms with Crippen LogP contribution in [0, 0.1) is 0 Å². The van der Waals surface area contributed by atoms with Gasteiger partial charge in [-0.15, -0.1) is 0 Å². The second-order valence-electron chi connectivity index (χ2n) is 9.02. The Morgan fingerprint density at radius 1 is 0.806 bits per heavy atom. The molecule has 0 aromatic heterocycles. The molecule has 0 heterocycles. The van der Waals surface area contributed by atoms with Crippen LogP contribution < -0.4 is 10.6 Å². The summed E-state index contributed by atoms with van der Waals surface area (Å²) < 4.78 is 35.2. The van der Waals surface area contributed by atoms with E-state index in [9.17, 15) is 18.9 Å². The van der Waals surface area contributed by atoms with Crippen molar-refractivity contribution < 1.29 is 28.0 Å². The van der Waals surface area contributed by atoms with Crippen LogP contribution in [0.25, 0.3) is 12.2 Å². The molecule has 0 radical (unpaired) electrons. The van der Waals surface area contributed by atoms with E-state index in [1.165, 1.54) is 6.07 Å².